The van der Waals surface area contributed by atoms with Gasteiger partial charge in [0.25, 0.3) is 0 Å². The zero-order valence-electron chi connectivity index (χ0n) is 14.7. The third-order valence-corrected chi connectivity index (χ3v) is 4.82. The summed E-state index contributed by atoms with van der Waals surface area (Å²) in [4.78, 5) is 18.6. The lowest BCUT2D eigenvalue weighted by Crippen LogP contribution is -2.55. The number of nitrogens with one attached hydrogen (secondary N) is 1. The van der Waals surface area contributed by atoms with E-state index in [9.17, 15) is 4.79 Å². The molecule has 2 atom stereocenters. The molecule has 0 saturated heterocycles. The van der Waals surface area contributed by atoms with Crippen molar-refractivity contribution in [2.45, 2.75) is 44.6 Å². The molecule has 138 valence electrons. The lowest BCUT2D eigenvalue weighted by Gasteiger charge is -2.45. The van der Waals surface area contributed by atoms with Crippen LogP contribution < -0.4 is 11.1 Å². The van der Waals surface area contributed by atoms with Crippen molar-refractivity contribution < 1.29 is 4.79 Å². The van der Waals surface area contributed by atoms with Gasteiger partial charge in [-0.05, 0) is 45.0 Å². The summed E-state index contributed by atoms with van der Waals surface area (Å²) in [6, 6.07) is 3.58. The van der Waals surface area contributed by atoms with Crippen LogP contribution in [0, 0.1) is 5.92 Å². The summed E-state index contributed by atoms with van der Waals surface area (Å²) >= 11 is 0. The molecule has 1 heterocycles. The highest BCUT2D eigenvalue weighted by Crippen LogP contribution is 2.35. The van der Waals surface area contributed by atoms with Crippen molar-refractivity contribution in [1.29, 1.82) is 0 Å². The fraction of sp³-hybridized carbons (Fsp3) is 0.647. The Balaban J connectivity index is 0.00000264. The van der Waals surface area contributed by atoms with Crippen molar-refractivity contribution in [3.05, 3.63) is 24.0 Å². The highest BCUT2D eigenvalue weighted by molar-refractivity contribution is 5.85. The molecule has 7 heteroatoms. The van der Waals surface area contributed by atoms with Gasteiger partial charge < -0.3 is 16.0 Å². The molecule has 0 aliphatic heterocycles. The Bertz CT molecular complexity index is 510. The molecule has 0 bridgehead atoms. The number of likely N-dealkylation sites (N-methyl/N-ethyl adjacent to an activating group) is 1. The lowest BCUT2D eigenvalue weighted by molar-refractivity contribution is -0.121. The van der Waals surface area contributed by atoms with Crippen molar-refractivity contribution in [2.75, 3.05) is 26.4 Å². The van der Waals surface area contributed by atoms with E-state index in [4.69, 9.17) is 5.73 Å². The number of nitrogen functional groups attached to an aromatic ring is 1. The molecule has 3 N–H and O–H groups in total. The minimum absolute atomic E-state index is 0. The maximum Gasteiger partial charge on any atom is 0.226 e. The van der Waals surface area contributed by atoms with Crippen LogP contribution in [0.3, 0.4) is 0 Å². The molecule has 1 aromatic rings. The topological polar surface area (TPSA) is 71.2 Å². The summed E-state index contributed by atoms with van der Waals surface area (Å²) in [7, 11) is 4.23. The summed E-state index contributed by atoms with van der Waals surface area (Å²) in [6.45, 7) is 3.01. The molecule has 2 unspecified atom stereocenters. The van der Waals surface area contributed by atoms with Crippen molar-refractivity contribution in [2.24, 2.45) is 5.92 Å². The molecule has 24 heavy (non-hydrogen) atoms. The van der Waals surface area contributed by atoms with Crippen LogP contribution in [-0.4, -0.2) is 42.0 Å². The number of hydrogen-bond acceptors (Lipinski definition) is 4. The van der Waals surface area contributed by atoms with Gasteiger partial charge in [-0.25, -0.2) is 0 Å². The van der Waals surface area contributed by atoms with Gasteiger partial charge in [-0.2, -0.15) is 0 Å². The van der Waals surface area contributed by atoms with Gasteiger partial charge in [0.15, 0.2) is 0 Å². The second kappa shape index (κ2) is 10.1. The van der Waals surface area contributed by atoms with Crippen LogP contribution in [0.2, 0.25) is 0 Å². The van der Waals surface area contributed by atoms with Gasteiger partial charge in [-0.15, -0.1) is 24.8 Å². The van der Waals surface area contributed by atoms with E-state index in [1.165, 1.54) is 12.8 Å². The maximum absolute atomic E-state index is 12.2. The highest BCUT2D eigenvalue weighted by atomic mass is 35.5. The Morgan fingerprint density at radius 3 is 2.67 bits per heavy atom. The Labute approximate surface area is 157 Å². The fourth-order valence-electron chi connectivity index (χ4n) is 3.39. The van der Waals surface area contributed by atoms with Gasteiger partial charge in [0.2, 0.25) is 5.91 Å². The van der Waals surface area contributed by atoms with E-state index in [-0.39, 0.29) is 36.3 Å². The van der Waals surface area contributed by atoms with Crippen molar-refractivity contribution in [3.63, 3.8) is 0 Å². The third-order valence-electron chi connectivity index (χ3n) is 4.82. The van der Waals surface area contributed by atoms with Gasteiger partial charge in [0, 0.05) is 17.8 Å². The summed E-state index contributed by atoms with van der Waals surface area (Å²) in [5, 5.41) is 3.11. The van der Waals surface area contributed by atoms with Gasteiger partial charge in [0.1, 0.15) is 0 Å². The third kappa shape index (κ3) is 6.11. The maximum atomic E-state index is 12.2. The van der Waals surface area contributed by atoms with Crippen molar-refractivity contribution >= 4 is 36.4 Å². The number of rotatable bonds is 5. The van der Waals surface area contributed by atoms with E-state index in [1.54, 1.807) is 18.3 Å². The first kappa shape index (κ1) is 23.0. The van der Waals surface area contributed by atoms with E-state index in [0.717, 1.165) is 18.5 Å². The van der Waals surface area contributed by atoms with Crippen LogP contribution in [0.4, 0.5) is 5.69 Å². The predicted octanol–water partition coefficient (Wildman–Crippen LogP) is 2.68. The molecule has 0 aromatic carbocycles. The average Bonchev–Trinajstić information content (AvgIpc) is 2.47. The zero-order chi connectivity index (χ0) is 16.2. The van der Waals surface area contributed by atoms with Crippen LogP contribution in [0.5, 0.6) is 0 Å². The van der Waals surface area contributed by atoms with Crippen LogP contribution in [0.1, 0.15) is 38.3 Å². The molecule has 0 radical (unpaired) electrons. The number of nitrogens with two attached hydrogens (primary N) is 1. The summed E-state index contributed by atoms with van der Waals surface area (Å²) < 4.78 is 0. The summed E-state index contributed by atoms with van der Waals surface area (Å²) in [6.07, 6.45) is 6.70. The number of nitrogens with zero attached hydrogens (tertiary/aromatic N) is 2. The molecule has 1 fully saturated rings. The lowest BCUT2D eigenvalue weighted by atomic mass is 9.75. The molecule has 1 aliphatic carbocycles. The van der Waals surface area contributed by atoms with E-state index >= 15 is 0 Å². The first-order valence-corrected chi connectivity index (χ1v) is 8.06. The van der Waals surface area contributed by atoms with Crippen LogP contribution >= 0.6 is 24.8 Å². The Kier molecular flexibility index (Phi) is 9.63. The van der Waals surface area contributed by atoms with E-state index in [1.807, 2.05) is 0 Å². The van der Waals surface area contributed by atoms with E-state index < -0.39 is 0 Å². The predicted molar refractivity (Wildman–Crippen MR) is 104 cm³/mol. The Morgan fingerprint density at radius 2 is 2.12 bits per heavy atom. The number of halogens is 2. The molecule has 2 rings (SSSR count). The second-order valence-corrected chi connectivity index (χ2v) is 6.86. The first-order valence-electron chi connectivity index (χ1n) is 8.06. The molecule has 1 saturated carbocycles. The van der Waals surface area contributed by atoms with Crippen LogP contribution in [0.15, 0.2) is 18.3 Å². The molecular formula is C17H30Cl2N4O. The van der Waals surface area contributed by atoms with Crippen LogP contribution in [-0.2, 0) is 11.2 Å². The standard InChI is InChI=1S/C17H28N4O.2ClH/c1-13-5-4-8-17(10-13,21(2)3)12-20-16(22)9-15-7-6-14(18)11-19-15;;/h6-7,11,13H,4-5,8-10,12,18H2,1-3H3,(H,20,22);2*1H. The number of carbonyl (C=O) groups is 1. The number of amides is 1. The summed E-state index contributed by atoms with van der Waals surface area (Å²) in [5.41, 5.74) is 7.06. The normalized spacial score (nSPS) is 23.1. The minimum Gasteiger partial charge on any atom is -0.397 e. The van der Waals surface area contributed by atoms with Gasteiger partial charge in [0.05, 0.1) is 18.3 Å². The van der Waals surface area contributed by atoms with Crippen molar-refractivity contribution in [3.8, 4) is 0 Å². The molecule has 0 spiro atoms. The molecular weight excluding hydrogens is 347 g/mol. The zero-order valence-corrected chi connectivity index (χ0v) is 16.4. The Hall–Kier alpha value is -1.04. The number of pyridine rings is 1. The van der Waals surface area contributed by atoms with Crippen molar-refractivity contribution in [1.82, 2.24) is 15.2 Å². The number of carbonyl (C=O) groups excluding carboxylic acids is 1. The quantitative estimate of drug-likeness (QED) is 0.828. The monoisotopic (exact) mass is 376 g/mol. The van der Waals surface area contributed by atoms with E-state index in [2.05, 4.69) is 36.2 Å². The smallest absolute Gasteiger partial charge is 0.226 e. The fourth-order valence-corrected chi connectivity index (χ4v) is 3.39. The molecule has 5 nitrogen and oxygen atoms in total. The average molecular weight is 377 g/mol. The Morgan fingerprint density at radius 1 is 1.42 bits per heavy atom. The second-order valence-electron chi connectivity index (χ2n) is 6.86. The van der Waals surface area contributed by atoms with Crippen LogP contribution in [0.25, 0.3) is 0 Å². The first-order chi connectivity index (χ1) is 10.4. The highest BCUT2D eigenvalue weighted by Gasteiger charge is 2.37. The molecule has 1 amide bonds. The number of aromatic nitrogens is 1. The largest absolute Gasteiger partial charge is 0.397 e. The van der Waals surface area contributed by atoms with E-state index in [0.29, 0.717) is 24.6 Å². The van der Waals surface area contributed by atoms with Gasteiger partial charge in [-0.1, -0.05) is 19.8 Å². The number of hydrogen-bond donors (Lipinski definition) is 2. The van der Waals surface area contributed by atoms with Gasteiger partial charge in [-0.3, -0.25) is 9.78 Å². The summed E-state index contributed by atoms with van der Waals surface area (Å²) in [5.74, 6) is 0.739. The van der Waals surface area contributed by atoms with Gasteiger partial charge >= 0.3 is 0 Å². The minimum atomic E-state index is 0. The number of anilines is 1. The molecule has 1 aliphatic rings. The SMILES string of the molecule is CC1CCCC(CNC(=O)Cc2ccc(N)cn2)(N(C)C)C1.Cl.Cl. The molecule has 1 aromatic heterocycles.